The highest BCUT2D eigenvalue weighted by Crippen LogP contribution is 2.24. The summed E-state index contributed by atoms with van der Waals surface area (Å²) in [5.74, 6) is 0.0186. The Morgan fingerprint density at radius 3 is 2.50 bits per heavy atom. The van der Waals surface area contributed by atoms with Crippen LogP contribution < -0.4 is 5.69 Å². The van der Waals surface area contributed by atoms with Gasteiger partial charge in [-0.05, 0) is 37.1 Å². The Kier molecular flexibility index (Phi) is 5.32. The minimum absolute atomic E-state index is 0.0186. The van der Waals surface area contributed by atoms with Crippen LogP contribution in [-0.4, -0.2) is 35.0 Å². The molecule has 0 amide bonds. The molecular weight excluding hydrogens is 397 g/mol. The van der Waals surface area contributed by atoms with Gasteiger partial charge >= 0.3 is 5.69 Å². The summed E-state index contributed by atoms with van der Waals surface area (Å²) in [6.45, 7) is 0. The van der Waals surface area contributed by atoms with Gasteiger partial charge in [0, 0.05) is 11.6 Å². The van der Waals surface area contributed by atoms with Crippen LogP contribution in [0.3, 0.4) is 0 Å². The molecule has 3 rings (SSSR count). The molecule has 3 aromatic rings. The minimum Gasteiger partial charge on any atom is -0.245 e. The predicted octanol–water partition coefficient (Wildman–Crippen LogP) is 3.06. The van der Waals surface area contributed by atoms with Gasteiger partial charge < -0.3 is 0 Å². The number of nitrogens with zero attached hydrogens (tertiary/aromatic N) is 3. The van der Waals surface area contributed by atoms with Gasteiger partial charge in [0.2, 0.25) is 0 Å². The molecule has 0 fully saturated rings. The van der Waals surface area contributed by atoms with Crippen molar-refractivity contribution in [3.8, 4) is 5.69 Å². The summed E-state index contributed by atoms with van der Waals surface area (Å²) in [5.41, 5.74) is 0.727. The third kappa shape index (κ3) is 4.06. The summed E-state index contributed by atoms with van der Waals surface area (Å²) in [5, 5.41) is 1.23. The number of sulfone groups is 1. The molecule has 0 saturated heterocycles. The maximum atomic E-state index is 12.7. The molecular formula is C17H15Cl2N3O3S. The molecule has 9 heteroatoms. The standard InChI is InChI=1S/C17H15Cl2N3O3S/c1-26(24,25)10-4-6-13-11-8-9-15(19)21-16(11)22(17(23)20-13)14-7-3-2-5-12(14)18/h2-3,5,7-9H,4,6,10H2,1H3. The second-order valence-electron chi connectivity index (χ2n) is 5.87. The van der Waals surface area contributed by atoms with Gasteiger partial charge in [0.05, 0.1) is 22.2 Å². The summed E-state index contributed by atoms with van der Waals surface area (Å²) in [6.07, 6.45) is 1.87. The fourth-order valence-electron chi connectivity index (χ4n) is 2.68. The van der Waals surface area contributed by atoms with E-state index in [1.807, 2.05) is 0 Å². The molecule has 0 aliphatic rings. The molecule has 0 unspecified atom stereocenters. The van der Waals surface area contributed by atoms with Gasteiger partial charge in [0.15, 0.2) is 5.65 Å². The average molecular weight is 412 g/mol. The highest BCUT2D eigenvalue weighted by Gasteiger charge is 2.16. The zero-order chi connectivity index (χ0) is 18.9. The molecule has 2 aromatic heterocycles. The monoisotopic (exact) mass is 411 g/mol. The van der Waals surface area contributed by atoms with Crippen LogP contribution in [0.25, 0.3) is 16.7 Å². The molecule has 0 aliphatic carbocycles. The quantitative estimate of drug-likeness (QED) is 0.602. The van der Waals surface area contributed by atoms with E-state index >= 15 is 0 Å². The molecule has 0 N–H and O–H groups in total. The number of pyridine rings is 1. The second kappa shape index (κ2) is 7.34. The molecule has 2 heterocycles. The van der Waals surface area contributed by atoms with E-state index in [9.17, 15) is 13.2 Å². The number of aromatic nitrogens is 3. The van der Waals surface area contributed by atoms with Crippen LogP contribution in [0, 0.1) is 0 Å². The zero-order valence-electron chi connectivity index (χ0n) is 13.8. The lowest BCUT2D eigenvalue weighted by molar-refractivity contribution is 0.599. The van der Waals surface area contributed by atoms with Gasteiger partial charge in [-0.15, -0.1) is 0 Å². The number of hydrogen-bond acceptors (Lipinski definition) is 5. The van der Waals surface area contributed by atoms with Crippen LogP contribution >= 0.6 is 23.2 Å². The lowest BCUT2D eigenvalue weighted by Gasteiger charge is -2.13. The van der Waals surface area contributed by atoms with E-state index in [4.69, 9.17) is 23.2 Å². The maximum Gasteiger partial charge on any atom is 0.354 e. The van der Waals surface area contributed by atoms with Gasteiger partial charge in [-0.25, -0.2) is 22.8 Å². The molecule has 1 aromatic carbocycles. The zero-order valence-corrected chi connectivity index (χ0v) is 16.1. The number of para-hydroxylation sites is 1. The number of halogens is 2. The Bertz CT molecular complexity index is 1140. The van der Waals surface area contributed by atoms with E-state index in [2.05, 4.69) is 9.97 Å². The van der Waals surface area contributed by atoms with Crippen molar-refractivity contribution in [3.05, 3.63) is 62.8 Å². The molecule has 0 radical (unpaired) electrons. The molecule has 0 aliphatic heterocycles. The topological polar surface area (TPSA) is 81.9 Å². The van der Waals surface area contributed by atoms with E-state index in [0.29, 0.717) is 40.3 Å². The third-order valence-electron chi connectivity index (χ3n) is 3.81. The first kappa shape index (κ1) is 18.8. The Labute approximate surface area is 160 Å². The summed E-state index contributed by atoms with van der Waals surface area (Å²) in [7, 11) is -3.09. The number of hydrogen-bond donors (Lipinski definition) is 0. The van der Waals surface area contributed by atoms with Crippen molar-refractivity contribution in [1.82, 2.24) is 14.5 Å². The molecule has 136 valence electrons. The first-order valence-corrected chi connectivity index (χ1v) is 10.6. The SMILES string of the molecule is CS(=O)(=O)CCCc1nc(=O)n(-c2ccccc2Cl)c2nc(Cl)ccc12. The summed E-state index contributed by atoms with van der Waals surface area (Å²) >= 11 is 12.3. The average Bonchev–Trinajstić information content (AvgIpc) is 2.55. The van der Waals surface area contributed by atoms with E-state index in [-0.39, 0.29) is 10.9 Å². The molecule has 0 saturated carbocycles. The lowest BCUT2D eigenvalue weighted by atomic mass is 10.1. The van der Waals surface area contributed by atoms with Crippen LogP contribution in [0.15, 0.2) is 41.2 Å². The Morgan fingerprint density at radius 2 is 1.81 bits per heavy atom. The Hall–Kier alpha value is -1.96. The van der Waals surface area contributed by atoms with E-state index < -0.39 is 15.5 Å². The molecule has 0 bridgehead atoms. The Morgan fingerprint density at radius 1 is 1.08 bits per heavy atom. The summed E-state index contributed by atoms with van der Waals surface area (Å²) < 4.78 is 24.0. The number of rotatable bonds is 5. The number of fused-ring (bicyclic) bond motifs is 1. The van der Waals surface area contributed by atoms with Crippen LogP contribution in [0.1, 0.15) is 12.1 Å². The van der Waals surface area contributed by atoms with E-state index in [1.165, 1.54) is 10.8 Å². The minimum atomic E-state index is -3.09. The normalized spacial score (nSPS) is 11.8. The van der Waals surface area contributed by atoms with Crippen molar-refractivity contribution >= 4 is 44.1 Å². The Balaban J connectivity index is 2.18. The fraction of sp³-hybridized carbons (Fsp3) is 0.235. The fourth-order valence-corrected chi connectivity index (χ4v) is 3.71. The van der Waals surface area contributed by atoms with Crippen molar-refractivity contribution in [1.29, 1.82) is 0 Å². The van der Waals surface area contributed by atoms with Gasteiger partial charge in [-0.1, -0.05) is 35.3 Å². The summed E-state index contributed by atoms with van der Waals surface area (Å²) in [6, 6.07) is 10.2. The van der Waals surface area contributed by atoms with Gasteiger partial charge in [-0.2, -0.15) is 4.98 Å². The molecule has 6 nitrogen and oxygen atoms in total. The predicted molar refractivity (Wildman–Crippen MR) is 103 cm³/mol. The second-order valence-corrected chi connectivity index (χ2v) is 8.92. The molecule has 0 spiro atoms. The van der Waals surface area contributed by atoms with Gasteiger partial charge in [0.1, 0.15) is 15.0 Å². The van der Waals surface area contributed by atoms with E-state index in [1.54, 1.807) is 36.4 Å². The first-order valence-electron chi connectivity index (χ1n) is 7.77. The number of aryl methyl sites for hydroxylation is 1. The molecule has 0 atom stereocenters. The van der Waals surface area contributed by atoms with Crippen molar-refractivity contribution in [2.45, 2.75) is 12.8 Å². The van der Waals surface area contributed by atoms with Gasteiger partial charge in [-0.3, -0.25) is 0 Å². The van der Waals surface area contributed by atoms with E-state index in [0.717, 1.165) is 0 Å². The first-order chi connectivity index (χ1) is 12.3. The van der Waals surface area contributed by atoms with Crippen molar-refractivity contribution < 1.29 is 8.42 Å². The summed E-state index contributed by atoms with van der Waals surface area (Å²) in [4.78, 5) is 21.1. The van der Waals surface area contributed by atoms with Crippen LogP contribution in [0.2, 0.25) is 10.2 Å². The van der Waals surface area contributed by atoms with Crippen molar-refractivity contribution in [3.63, 3.8) is 0 Å². The van der Waals surface area contributed by atoms with Crippen LogP contribution in [0.5, 0.6) is 0 Å². The van der Waals surface area contributed by atoms with Crippen molar-refractivity contribution in [2.24, 2.45) is 0 Å². The third-order valence-corrected chi connectivity index (χ3v) is 5.37. The van der Waals surface area contributed by atoms with Crippen LogP contribution in [-0.2, 0) is 16.3 Å². The smallest absolute Gasteiger partial charge is 0.245 e. The van der Waals surface area contributed by atoms with Gasteiger partial charge in [0.25, 0.3) is 0 Å². The van der Waals surface area contributed by atoms with Crippen LogP contribution in [0.4, 0.5) is 0 Å². The lowest BCUT2D eigenvalue weighted by Crippen LogP contribution is -2.24. The highest BCUT2D eigenvalue weighted by atomic mass is 35.5. The number of benzene rings is 1. The maximum absolute atomic E-state index is 12.7. The highest BCUT2D eigenvalue weighted by molar-refractivity contribution is 7.90. The molecule has 26 heavy (non-hydrogen) atoms. The largest absolute Gasteiger partial charge is 0.354 e. The van der Waals surface area contributed by atoms with Crippen molar-refractivity contribution in [2.75, 3.05) is 12.0 Å².